The van der Waals surface area contributed by atoms with Crippen LogP contribution in [0.4, 0.5) is 17.3 Å². The molecule has 35 heavy (non-hydrogen) atoms. The van der Waals surface area contributed by atoms with Crippen LogP contribution in [0.25, 0.3) is 0 Å². The van der Waals surface area contributed by atoms with Gasteiger partial charge in [0, 0.05) is 17.1 Å². The average molecular weight is 518 g/mol. The largest absolute Gasteiger partial charge is 0.324 e. The number of hydrogen-bond donors (Lipinski definition) is 2. The number of rotatable bonds is 9. The van der Waals surface area contributed by atoms with Crippen molar-refractivity contribution in [2.45, 2.75) is 38.1 Å². The first-order valence-electron chi connectivity index (χ1n) is 10.7. The molecule has 0 bridgehead atoms. The highest BCUT2D eigenvalue weighted by molar-refractivity contribution is 7.92. The second-order valence-electron chi connectivity index (χ2n) is 7.91. The lowest BCUT2D eigenvalue weighted by molar-refractivity contribution is -0.117. The molecular formula is C23H27N5O5S2. The summed E-state index contributed by atoms with van der Waals surface area (Å²) in [6.07, 6.45) is 1.27. The lowest BCUT2D eigenvalue weighted by Gasteiger charge is -2.30. The Morgan fingerprint density at radius 1 is 0.943 bits per heavy atom. The molecule has 1 amide bonds. The van der Waals surface area contributed by atoms with Crippen molar-refractivity contribution in [3.8, 4) is 0 Å². The Bertz CT molecular complexity index is 1390. The molecule has 0 aliphatic rings. The van der Waals surface area contributed by atoms with Gasteiger partial charge in [0.25, 0.3) is 10.0 Å². The maximum Gasteiger partial charge on any atom is 0.264 e. The molecule has 0 aliphatic heterocycles. The van der Waals surface area contributed by atoms with Gasteiger partial charge < -0.3 is 5.32 Å². The monoisotopic (exact) mass is 517 g/mol. The summed E-state index contributed by atoms with van der Waals surface area (Å²) < 4.78 is 53.9. The summed E-state index contributed by atoms with van der Waals surface area (Å²) in [4.78, 5) is 21.1. The molecule has 0 spiro atoms. The van der Waals surface area contributed by atoms with Gasteiger partial charge in [0.05, 0.1) is 16.8 Å². The van der Waals surface area contributed by atoms with Crippen LogP contribution in [0.2, 0.25) is 0 Å². The van der Waals surface area contributed by atoms with Crippen LogP contribution in [0.5, 0.6) is 0 Å². The van der Waals surface area contributed by atoms with Gasteiger partial charge in [-0.1, -0.05) is 25.1 Å². The van der Waals surface area contributed by atoms with Crippen molar-refractivity contribution < 1.29 is 21.6 Å². The van der Waals surface area contributed by atoms with Gasteiger partial charge in [-0.15, -0.1) is 0 Å². The van der Waals surface area contributed by atoms with Crippen LogP contribution in [-0.2, 0) is 24.8 Å². The van der Waals surface area contributed by atoms with Gasteiger partial charge in [-0.25, -0.2) is 31.5 Å². The van der Waals surface area contributed by atoms with Crippen molar-refractivity contribution in [2.24, 2.45) is 0 Å². The zero-order valence-corrected chi connectivity index (χ0v) is 21.4. The molecule has 0 unspecified atom stereocenters. The number of carbonyl (C=O) groups is 1. The Morgan fingerprint density at radius 3 is 2.03 bits per heavy atom. The Balaban J connectivity index is 1.79. The molecule has 12 heteroatoms. The zero-order chi connectivity index (χ0) is 25.8. The molecule has 2 aromatic carbocycles. The van der Waals surface area contributed by atoms with Crippen LogP contribution in [-0.4, -0.2) is 45.0 Å². The predicted molar refractivity (Wildman–Crippen MR) is 135 cm³/mol. The number of hydrogen-bond acceptors (Lipinski definition) is 7. The first kappa shape index (κ1) is 26.1. The number of nitrogens with one attached hydrogen (secondary N) is 2. The molecule has 2 N–H and O–H groups in total. The number of para-hydroxylation sites is 1. The first-order valence-corrected chi connectivity index (χ1v) is 14.0. The van der Waals surface area contributed by atoms with Crippen LogP contribution >= 0.6 is 0 Å². The molecule has 1 heterocycles. The Hall–Kier alpha value is -3.51. The number of amides is 1. The number of aromatic nitrogens is 2. The number of sulfonamides is 2. The van der Waals surface area contributed by atoms with E-state index in [4.69, 9.17) is 0 Å². The molecule has 186 valence electrons. The minimum Gasteiger partial charge on any atom is -0.324 e. The van der Waals surface area contributed by atoms with E-state index in [1.807, 2.05) is 0 Å². The SMILES string of the molecule is CC[C@H](C(=O)Nc1ccc(S(=O)(=O)Nc2nc(C)cc(C)n2)cc1)N(c1ccccc1)S(C)(=O)=O. The summed E-state index contributed by atoms with van der Waals surface area (Å²) in [5, 5.41) is 2.67. The van der Waals surface area contributed by atoms with Crippen molar-refractivity contribution >= 4 is 43.3 Å². The van der Waals surface area contributed by atoms with E-state index in [2.05, 4.69) is 20.0 Å². The Labute approximate surface area is 205 Å². The van der Waals surface area contributed by atoms with Crippen LogP contribution in [0.15, 0.2) is 65.6 Å². The normalized spacial score (nSPS) is 12.6. The van der Waals surface area contributed by atoms with Crippen molar-refractivity contribution in [1.29, 1.82) is 0 Å². The Kier molecular flexibility index (Phi) is 7.76. The van der Waals surface area contributed by atoms with Crippen molar-refractivity contribution in [2.75, 3.05) is 20.6 Å². The topological polar surface area (TPSA) is 138 Å². The molecule has 10 nitrogen and oxygen atoms in total. The fourth-order valence-electron chi connectivity index (χ4n) is 3.53. The van der Waals surface area contributed by atoms with E-state index in [0.29, 0.717) is 22.8 Å². The lowest BCUT2D eigenvalue weighted by Crippen LogP contribution is -2.46. The van der Waals surface area contributed by atoms with E-state index in [1.165, 1.54) is 24.3 Å². The molecule has 1 aromatic heterocycles. The minimum absolute atomic E-state index is 0.0348. The second kappa shape index (κ2) is 10.4. The van der Waals surface area contributed by atoms with Gasteiger partial charge in [-0.2, -0.15) is 0 Å². The summed E-state index contributed by atoms with van der Waals surface area (Å²) >= 11 is 0. The quantitative estimate of drug-likeness (QED) is 0.445. The number of nitrogens with zero attached hydrogens (tertiary/aromatic N) is 3. The third-order valence-electron chi connectivity index (χ3n) is 4.98. The van der Waals surface area contributed by atoms with Gasteiger partial charge in [-0.3, -0.25) is 9.10 Å². The molecule has 0 aliphatic carbocycles. The number of aryl methyl sites for hydroxylation is 2. The summed E-state index contributed by atoms with van der Waals surface area (Å²) in [5.74, 6) is -0.577. The molecule has 1 atom stereocenters. The zero-order valence-electron chi connectivity index (χ0n) is 19.8. The smallest absolute Gasteiger partial charge is 0.264 e. The summed E-state index contributed by atoms with van der Waals surface area (Å²) in [6, 6.07) is 14.6. The summed E-state index contributed by atoms with van der Waals surface area (Å²) in [7, 11) is -7.71. The fourth-order valence-corrected chi connectivity index (χ4v) is 5.68. The minimum atomic E-state index is -3.96. The predicted octanol–water partition coefficient (Wildman–Crippen LogP) is 3.08. The van der Waals surface area contributed by atoms with E-state index in [9.17, 15) is 21.6 Å². The van der Waals surface area contributed by atoms with Gasteiger partial charge in [0.15, 0.2) is 0 Å². The van der Waals surface area contributed by atoms with E-state index in [0.717, 1.165) is 10.6 Å². The van der Waals surface area contributed by atoms with E-state index >= 15 is 0 Å². The molecule has 0 radical (unpaired) electrons. The van der Waals surface area contributed by atoms with Gasteiger partial charge >= 0.3 is 0 Å². The first-order chi connectivity index (χ1) is 16.4. The number of benzene rings is 2. The van der Waals surface area contributed by atoms with Gasteiger partial charge in [0.2, 0.25) is 21.9 Å². The standard InChI is InChI=1S/C23H27N5O5S2/c1-5-21(28(34(4,30)31)19-9-7-6-8-10-19)22(29)26-18-11-13-20(14-12-18)35(32,33)27-23-24-16(2)15-17(3)25-23/h6-15,21H,5H2,1-4H3,(H,26,29)(H,24,25,27)/t21-/m1/s1. The molecule has 0 saturated heterocycles. The average Bonchev–Trinajstić information content (AvgIpc) is 2.76. The Morgan fingerprint density at radius 2 is 1.51 bits per heavy atom. The molecular weight excluding hydrogens is 490 g/mol. The van der Waals surface area contributed by atoms with Crippen LogP contribution in [0.1, 0.15) is 24.7 Å². The van der Waals surface area contributed by atoms with Crippen molar-refractivity contribution in [1.82, 2.24) is 9.97 Å². The third kappa shape index (κ3) is 6.55. The highest BCUT2D eigenvalue weighted by Gasteiger charge is 2.31. The molecule has 0 fully saturated rings. The molecule has 3 aromatic rings. The van der Waals surface area contributed by atoms with Gasteiger partial charge in [-0.05, 0) is 62.7 Å². The number of carbonyl (C=O) groups excluding carboxylic acids is 1. The molecule has 0 saturated carbocycles. The van der Waals surface area contributed by atoms with Crippen molar-refractivity contribution in [3.05, 3.63) is 72.1 Å². The highest BCUT2D eigenvalue weighted by Crippen LogP contribution is 2.23. The lowest BCUT2D eigenvalue weighted by atomic mass is 10.2. The summed E-state index contributed by atoms with van der Waals surface area (Å²) in [6.45, 7) is 5.17. The maximum atomic E-state index is 13.0. The highest BCUT2D eigenvalue weighted by atomic mass is 32.2. The van der Waals surface area contributed by atoms with Crippen LogP contribution in [0.3, 0.4) is 0 Å². The van der Waals surface area contributed by atoms with E-state index in [1.54, 1.807) is 57.2 Å². The summed E-state index contributed by atoms with van der Waals surface area (Å²) in [5.41, 5.74) is 1.93. The van der Waals surface area contributed by atoms with E-state index in [-0.39, 0.29) is 17.3 Å². The third-order valence-corrected chi connectivity index (χ3v) is 7.50. The fraction of sp³-hybridized carbons (Fsp3) is 0.261. The molecule has 3 rings (SSSR count). The number of anilines is 3. The van der Waals surface area contributed by atoms with Gasteiger partial charge in [0.1, 0.15) is 6.04 Å². The van der Waals surface area contributed by atoms with Crippen LogP contribution in [0, 0.1) is 13.8 Å². The second-order valence-corrected chi connectivity index (χ2v) is 11.5. The van der Waals surface area contributed by atoms with Crippen LogP contribution < -0.4 is 14.3 Å². The van der Waals surface area contributed by atoms with E-state index < -0.39 is 32.0 Å². The van der Waals surface area contributed by atoms with Crippen molar-refractivity contribution in [3.63, 3.8) is 0 Å². The maximum absolute atomic E-state index is 13.0.